The molecule has 1 aromatic carbocycles. The third-order valence-corrected chi connectivity index (χ3v) is 3.58. The molecule has 0 aromatic heterocycles. The van der Waals surface area contributed by atoms with Gasteiger partial charge in [0.2, 0.25) is 0 Å². The Labute approximate surface area is 118 Å². The van der Waals surface area contributed by atoms with Gasteiger partial charge in [0, 0.05) is 30.9 Å². The monoisotopic (exact) mass is 279 g/mol. The van der Waals surface area contributed by atoms with Gasteiger partial charge in [-0.2, -0.15) is 0 Å². The Bertz CT molecular complexity index is 479. The molecule has 1 saturated heterocycles. The molecule has 1 aliphatic rings. The number of benzene rings is 1. The molecule has 2 rings (SSSR count). The zero-order valence-corrected chi connectivity index (χ0v) is 12.0. The van der Waals surface area contributed by atoms with Crippen LogP contribution in [0.4, 0.5) is 11.4 Å². The van der Waals surface area contributed by atoms with Crippen molar-refractivity contribution in [2.24, 2.45) is 5.92 Å². The van der Waals surface area contributed by atoms with Crippen LogP contribution in [0.15, 0.2) is 18.2 Å². The van der Waals surface area contributed by atoms with Gasteiger partial charge in [-0.15, -0.1) is 0 Å². The average molecular weight is 279 g/mol. The molecule has 0 spiro atoms. The van der Waals surface area contributed by atoms with E-state index >= 15 is 0 Å². The Morgan fingerprint density at radius 1 is 1.55 bits per heavy atom. The number of nitro groups is 1. The molecule has 1 N–H and O–H groups in total. The first kappa shape index (κ1) is 14.6. The molecule has 0 amide bonds. The summed E-state index contributed by atoms with van der Waals surface area (Å²) in [5, 5.41) is 14.2. The van der Waals surface area contributed by atoms with Gasteiger partial charge in [0.15, 0.2) is 5.75 Å². The minimum atomic E-state index is -0.400. The van der Waals surface area contributed by atoms with Crippen LogP contribution in [0.3, 0.4) is 0 Å². The molecule has 0 aliphatic carbocycles. The quantitative estimate of drug-likeness (QED) is 0.637. The summed E-state index contributed by atoms with van der Waals surface area (Å²) < 4.78 is 5.39. The molecule has 1 aliphatic heterocycles. The minimum absolute atomic E-state index is 0.0292. The highest BCUT2D eigenvalue weighted by atomic mass is 16.6. The minimum Gasteiger partial charge on any atom is -0.487 e. The number of nitrogens with zero attached hydrogens (tertiary/aromatic N) is 2. The van der Waals surface area contributed by atoms with Crippen molar-refractivity contribution in [1.29, 1.82) is 0 Å². The molecule has 1 fully saturated rings. The predicted molar refractivity (Wildman–Crippen MR) is 78.5 cm³/mol. The van der Waals surface area contributed by atoms with Gasteiger partial charge >= 0.3 is 5.69 Å². The Balaban J connectivity index is 2.17. The van der Waals surface area contributed by atoms with Crippen molar-refractivity contribution in [3.05, 3.63) is 28.3 Å². The third-order valence-electron chi connectivity index (χ3n) is 3.58. The molecule has 1 aromatic rings. The number of anilines is 1. The highest BCUT2D eigenvalue weighted by Crippen LogP contribution is 2.33. The number of hydrogen-bond donors (Lipinski definition) is 1. The fourth-order valence-corrected chi connectivity index (χ4v) is 2.64. The second-order valence-corrected chi connectivity index (χ2v) is 5.00. The molecule has 110 valence electrons. The van der Waals surface area contributed by atoms with E-state index in [1.54, 1.807) is 6.07 Å². The van der Waals surface area contributed by atoms with E-state index in [2.05, 4.69) is 10.2 Å². The predicted octanol–water partition coefficient (Wildman–Crippen LogP) is 2.04. The van der Waals surface area contributed by atoms with Gasteiger partial charge in [0.25, 0.3) is 0 Å². The van der Waals surface area contributed by atoms with Crippen LogP contribution in [0.5, 0.6) is 5.75 Å². The maximum Gasteiger partial charge on any atom is 0.311 e. The average Bonchev–Trinajstić information content (AvgIpc) is 2.88. The maximum absolute atomic E-state index is 11.0. The number of hydrogen-bond acceptors (Lipinski definition) is 5. The van der Waals surface area contributed by atoms with E-state index in [1.165, 1.54) is 6.07 Å². The van der Waals surface area contributed by atoms with E-state index in [9.17, 15) is 10.1 Å². The van der Waals surface area contributed by atoms with Crippen molar-refractivity contribution in [3.8, 4) is 5.75 Å². The van der Waals surface area contributed by atoms with Gasteiger partial charge in [-0.1, -0.05) is 0 Å². The summed E-state index contributed by atoms with van der Waals surface area (Å²) in [5.41, 5.74) is 1.03. The van der Waals surface area contributed by atoms with E-state index in [0.29, 0.717) is 18.3 Å². The van der Waals surface area contributed by atoms with Crippen LogP contribution in [0.25, 0.3) is 0 Å². The fraction of sp³-hybridized carbons (Fsp3) is 0.571. The number of nitro benzene ring substituents is 1. The van der Waals surface area contributed by atoms with Gasteiger partial charge in [0.05, 0.1) is 11.5 Å². The van der Waals surface area contributed by atoms with Crippen LogP contribution in [-0.4, -0.2) is 38.2 Å². The lowest BCUT2D eigenvalue weighted by atomic mass is 10.1. The Morgan fingerprint density at radius 2 is 2.35 bits per heavy atom. The second kappa shape index (κ2) is 6.56. The molecule has 20 heavy (non-hydrogen) atoms. The molecule has 0 radical (unpaired) electrons. The van der Waals surface area contributed by atoms with Crippen LogP contribution in [-0.2, 0) is 0 Å². The smallest absolute Gasteiger partial charge is 0.311 e. The highest BCUT2D eigenvalue weighted by Gasteiger charge is 2.24. The van der Waals surface area contributed by atoms with Crippen LogP contribution < -0.4 is 15.0 Å². The zero-order valence-electron chi connectivity index (χ0n) is 12.0. The van der Waals surface area contributed by atoms with E-state index in [4.69, 9.17) is 4.74 Å². The van der Waals surface area contributed by atoms with Crippen LogP contribution >= 0.6 is 0 Å². The summed E-state index contributed by atoms with van der Waals surface area (Å²) in [6.07, 6.45) is 1.14. The molecule has 6 heteroatoms. The number of ether oxygens (including phenoxy) is 1. The van der Waals surface area contributed by atoms with Crippen LogP contribution in [0, 0.1) is 16.0 Å². The molecule has 1 atom stereocenters. The summed E-state index contributed by atoms with van der Waals surface area (Å²) in [6, 6.07) is 5.12. The lowest BCUT2D eigenvalue weighted by molar-refractivity contribution is -0.385. The normalized spacial score (nSPS) is 18.3. The number of rotatable bonds is 6. The van der Waals surface area contributed by atoms with Gasteiger partial charge in [0.1, 0.15) is 0 Å². The number of nitrogens with one attached hydrogen (secondary N) is 1. The Hall–Kier alpha value is -1.82. The van der Waals surface area contributed by atoms with E-state index < -0.39 is 4.92 Å². The Kier molecular flexibility index (Phi) is 4.79. The van der Waals surface area contributed by atoms with Crippen molar-refractivity contribution in [1.82, 2.24) is 5.32 Å². The van der Waals surface area contributed by atoms with Crippen LogP contribution in [0.1, 0.15) is 13.3 Å². The molecular formula is C14H21N3O3. The van der Waals surface area contributed by atoms with Gasteiger partial charge in [-0.3, -0.25) is 10.1 Å². The summed E-state index contributed by atoms with van der Waals surface area (Å²) in [5.74, 6) is 0.984. The first-order valence-corrected chi connectivity index (χ1v) is 6.96. The molecule has 0 saturated carbocycles. The first-order chi connectivity index (χ1) is 9.65. The first-order valence-electron chi connectivity index (χ1n) is 6.96. The third kappa shape index (κ3) is 3.19. The summed E-state index contributed by atoms with van der Waals surface area (Å²) in [7, 11) is 1.96. The Morgan fingerprint density at radius 3 is 3.00 bits per heavy atom. The van der Waals surface area contributed by atoms with Crippen molar-refractivity contribution in [3.63, 3.8) is 0 Å². The molecule has 0 bridgehead atoms. The van der Waals surface area contributed by atoms with Crippen molar-refractivity contribution >= 4 is 11.4 Å². The zero-order chi connectivity index (χ0) is 14.5. The van der Waals surface area contributed by atoms with Crippen molar-refractivity contribution in [2.75, 3.05) is 38.2 Å². The van der Waals surface area contributed by atoms with Crippen LogP contribution in [0.2, 0.25) is 0 Å². The van der Waals surface area contributed by atoms with Crippen molar-refractivity contribution < 1.29 is 9.66 Å². The summed E-state index contributed by atoms with van der Waals surface area (Å²) in [4.78, 5) is 12.8. The standard InChI is InChI=1S/C14H21N3O3/c1-3-20-14-8-12(4-5-13(14)17(18)19)16-7-6-11(10-16)9-15-2/h4-5,8,11,15H,3,6-7,9-10H2,1-2H3. The largest absolute Gasteiger partial charge is 0.487 e. The van der Waals surface area contributed by atoms with Gasteiger partial charge in [-0.05, 0) is 38.9 Å². The molecular weight excluding hydrogens is 258 g/mol. The summed E-state index contributed by atoms with van der Waals surface area (Å²) in [6.45, 7) is 5.21. The molecule has 1 heterocycles. The molecule has 6 nitrogen and oxygen atoms in total. The van der Waals surface area contributed by atoms with Crippen molar-refractivity contribution in [2.45, 2.75) is 13.3 Å². The van der Waals surface area contributed by atoms with E-state index in [-0.39, 0.29) is 5.69 Å². The lowest BCUT2D eigenvalue weighted by Crippen LogP contribution is -2.24. The highest BCUT2D eigenvalue weighted by molar-refractivity contribution is 5.59. The topological polar surface area (TPSA) is 67.6 Å². The van der Waals surface area contributed by atoms with Gasteiger partial charge in [-0.25, -0.2) is 0 Å². The molecule has 1 unspecified atom stereocenters. The van der Waals surface area contributed by atoms with Gasteiger partial charge < -0.3 is 15.0 Å². The summed E-state index contributed by atoms with van der Waals surface area (Å²) >= 11 is 0. The van der Waals surface area contributed by atoms with E-state index in [0.717, 1.165) is 31.7 Å². The fourth-order valence-electron chi connectivity index (χ4n) is 2.64. The van der Waals surface area contributed by atoms with E-state index in [1.807, 2.05) is 20.0 Å². The second-order valence-electron chi connectivity index (χ2n) is 5.00. The lowest BCUT2D eigenvalue weighted by Gasteiger charge is -2.19. The maximum atomic E-state index is 11.0. The SMILES string of the molecule is CCOc1cc(N2CCC(CNC)C2)ccc1[N+](=O)[O-].